The van der Waals surface area contributed by atoms with E-state index in [0.29, 0.717) is 24.1 Å². The number of carbonyl (C=O) groups excluding carboxylic acids is 3. The second-order valence-electron chi connectivity index (χ2n) is 7.96. The van der Waals surface area contributed by atoms with E-state index in [2.05, 4.69) is 10.1 Å². The summed E-state index contributed by atoms with van der Waals surface area (Å²) in [4.78, 5) is 41.6. The number of alkyl halides is 2. The lowest BCUT2D eigenvalue weighted by Crippen LogP contribution is -2.62. The highest BCUT2D eigenvalue weighted by molar-refractivity contribution is 6.10. The van der Waals surface area contributed by atoms with E-state index in [1.165, 1.54) is 25.3 Å². The average molecular weight is 459 g/mol. The Morgan fingerprint density at radius 2 is 1.94 bits per heavy atom. The van der Waals surface area contributed by atoms with Gasteiger partial charge in [-0.25, -0.2) is 0 Å². The van der Waals surface area contributed by atoms with Crippen LogP contribution in [0.15, 0.2) is 42.5 Å². The van der Waals surface area contributed by atoms with Gasteiger partial charge in [0.25, 0.3) is 5.91 Å². The zero-order chi connectivity index (χ0) is 23.8. The Balaban J connectivity index is 1.49. The molecule has 2 aliphatic rings. The fourth-order valence-electron chi connectivity index (χ4n) is 4.42. The molecule has 0 aliphatic carbocycles. The normalized spacial score (nSPS) is 19.4. The van der Waals surface area contributed by atoms with Crippen molar-refractivity contribution in [3.05, 3.63) is 48.0 Å². The molecular weight excluding hydrogens is 436 g/mol. The first-order valence-corrected chi connectivity index (χ1v) is 10.4. The molecule has 0 saturated carbocycles. The maximum Gasteiger partial charge on any atom is 0.387 e. The molecule has 1 N–H and O–H groups in total. The predicted molar refractivity (Wildman–Crippen MR) is 115 cm³/mol. The van der Waals surface area contributed by atoms with Crippen LogP contribution in [0.2, 0.25) is 0 Å². The van der Waals surface area contributed by atoms with Gasteiger partial charge in [0.05, 0.1) is 18.4 Å². The largest absolute Gasteiger partial charge is 0.493 e. The fraction of sp³-hybridized carbons (Fsp3) is 0.348. The molecule has 33 heavy (non-hydrogen) atoms. The number of amides is 3. The van der Waals surface area contributed by atoms with E-state index >= 15 is 0 Å². The number of ether oxygens (including phenoxy) is 2. The molecular formula is C23H23F2N3O5. The molecule has 2 aliphatic heterocycles. The van der Waals surface area contributed by atoms with Crippen molar-refractivity contribution in [1.82, 2.24) is 4.90 Å². The van der Waals surface area contributed by atoms with Gasteiger partial charge in [0.1, 0.15) is 5.66 Å². The van der Waals surface area contributed by atoms with Crippen molar-refractivity contribution in [2.45, 2.75) is 38.5 Å². The van der Waals surface area contributed by atoms with Crippen molar-refractivity contribution in [2.75, 3.05) is 23.9 Å². The van der Waals surface area contributed by atoms with Crippen molar-refractivity contribution in [1.29, 1.82) is 0 Å². The molecule has 1 fully saturated rings. The second-order valence-corrected chi connectivity index (χ2v) is 7.96. The number of carbonyl (C=O) groups is 3. The van der Waals surface area contributed by atoms with Crippen molar-refractivity contribution in [3.63, 3.8) is 0 Å². The Labute approximate surface area is 189 Å². The molecule has 0 aromatic heterocycles. The predicted octanol–water partition coefficient (Wildman–Crippen LogP) is 3.62. The van der Waals surface area contributed by atoms with E-state index in [1.54, 1.807) is 34.1 Å². The van der Waals surface area contributed by atoms with Gasteiger partial charge in [0.2, 0.25) is 11.8 Å². The topological polar surface area (TPSA) is 88.2 Å². The van der Waals surface area contributed by atoms with Crippen LogP contribution in [0.25, 0.3) is 0 Å². The number of methoxy groups -OCH3 is 1. The van der Waals surface area contributed by atoms with Crippen molar-refractivity contribution in [3.8, 4) is 11.5 Å². The monoisotopic (exact) mass is 459 g/mol. The van der Waals surface area contributed by atoms with Gasteiger partial charge in [-0.05, 0) is 37.6 Å². The molecule has 0 spiro atoms. The number of anilines is 2. The summed E-state index contributed by atoms with van der Waals surface area (Å²) in [5, 5.41) is 2.62. The lowest BCUT2D eigenvalue weighted by Gasteiger charge is -2.48. The first-order valence-electron chi connectivity index (χ1n) is 10.4. The highest BCUT2D eigenvalue weighted by Crippen LogP contribution is 2.44. The minimum atomic E-state index is -3.05. The molecule has 3 amide bonds. The number of halogens is 2. The molecule has 1 saturated heterocycles. The lowest BCUT2D eigenvalue weighted by molar-refractivity contribution is -0.117. The number of nitrogens with zero attached hydrogens (tertiary/aromatic N) is 2. The van der Waals surface area contributed by atoms with Gasteiger partial charge in [0.15, 0.2) is 11.5 Å². The third-order valence-corrected chi connectivity index (χ3v) is 5.97. The number of hydrogen-bond acceptors (Lipinski definition) is 5. The van der Waals surface area contributed by atoms with Gasteiger partial charge < -0.3 is 19.7 Å². The fourth-order valence-corrected chi connectivity index (χ4v) is 4.42. The lowest BCUT2D eigenvalue weighted by atomic mass is 9.98. The summed E-state index contributed by atoms with van der Waals surface area (Å²) in [6, 6.07) is 11.1. The van der Waals surface area contributed by atoms with Crippen LogP contribution < -0.4 is 19.7 Å². The van der Waals surface area contributed by atoms with E-state index in [1.807, 2.05) is 6.92 Å². The number of benzene rings is 2. The van der Waals surface area contributed by atoms with E-state index < -0.39 is 18.2 Å². The van der Waals surface area contributed by atoms with Crippen LogP contribution in [0.5, 0.6) is 11.5 Å². The zero-order valence-electron chi connectivity index (χ0n) is 18.1. The SMILES string of the molecule is COc1ccc(NC(=O)CCN2C(=O)c3ccccc3N3C(=O)CCC23C)cc1OC(F)F. The first-order chi connectivity index (χ1) is 15.7. The van der Waals surface area contributed by atoms with E-state index in [0.717, 1.165) is 0 Å². The van der Waals surface area contributed by atoms with Crippen LogP contribution >= 0.6 is 0 Å². The number of hydrogen-bond donors (Lipinski definition) is 1. The molecule has 4 rings (SSSR count). The molecule has 2 aromatic carbocycles. The zero-order valence-corrected chi connectivity index (χ0v) is 18.1. The third kappa shape index (κ3) is 4.08. The molecule has 10 heteroatoms. The summed E-state index contributed by atoms with van der Waals surface area (Å²) in [5.41, 5.74) is 0.379. The Bertz CT molecular complexity index is 1110. The summed E-state index contributed by atoms with van der Waals surface area (Å²) >= 11 is 0. The molecule has 0 radical (unpaired) electrons. The van der Waals surface area contributed by atoms with E-state index in [4.69, 9.17) is 4.74 Å². The number of rotatable bonds is 7. The summed E-state index contributed by atoms with van der Waals surface area (Å²) in [7, 11) is 1.32. The molecule has 1 unspecified atom stereocenters. The molecule has 1 atom stereocenters. The van der Waals surface area contributed by atoms with Crippen molar-refractivity contribution >= 4 is 29.1 Å². The first kappa shape index (κ1) is 22.5. The summed E-state index contributed by atoms with van der Waals surface area (Å²) < 4.78 is 34.7. The Kier molecular flexibility index (Phi) is 5.92. The second kappa shape index (κ2) is 8.68. The number of fused-ring (bicyclic) bond motifs is 3. The quantitative estimate of drug-likeness (QED) is 0.683. The van der Waals surface area contributed by atoms with Gasteiger partial charge in [-0.15, -0.1) is 0 Å². The number of para-hydroxylation sites is 1. The Morgan fingerprint density at radius 3 is 2.67 bits per heavy atom. The molecule has 2 heterocycles. The van der Waals surface area contributed by atoms with Gasteiger partial charge in [-0.3, -0.25) is 19.3 Å². The van der Waals surface area contributed by atoms with Gasteiger partial charge in [-0.1, -0.05) is 12.1 Å². The number of nitrogens with one attached hydrogen (secondary N) is 1. The van der Waals surface area contributed by atoms with E-state index in [9.17, 15) is 23.2 Å². The molecule has 2 aromatic rings. The Morgan fingerprint density at radius 1 is 1.18 bits per heavy atom. The molecule has 0 bridgehead atoms. The van der Waals surface area contributed by atoms with Crippen LogP contribution in [0.4, 0.5) is 20.2 Å². The minimum Gasteiger partial charge on any atom is -0.493 e. The smallest absolute Gasteiger partial charge is 0.387 e. The maximum absolute atomic E-state index is 13.2. The van der Waals surface area contributed by atoms with Crippen LogP contribution in [0.3, 0.4) is 0 Å². The maximum atomic E-state index is 13.2. The van der Waals surface area contributed by atoms with Gasteiger partial charge in [0, 0.05) is 31.1 Å². The summed E-state index contributed by atoms with van der Waals surface area (Å²) in [5.74, 6) is -0.847. The average Bonchev–Trinajstić information content (AvgIpc) is 3.08. The molecule has 174 valence electrons. The van der Waals surface area contributed by atoms with Gasteiger partial charge in [-0.2, -0.15) is 8.78 Å². The third-order valence-electron chi connectivity index (χ3n) is 5.97. The standard InChI is InChI=1S/C23H23F2N3O5/c1-23-11-9-20(30)28(23)16-6-4-3-5-15(16)21(31)27(23)12-10-19(29)26-14-7-8-17(32-2)18(13-14)33-22(24)25/h3-8,13,22H,9-12H2,1-2H3,(H,26,29). The molecule has 8 nitrogen and oxygen atoms in total. The van der Waals surface area contributed by atoms with Gasteiger partial charge >= 0.3 is 6.61 Å². The summed E-state index contributed by atoms with van der Waals surface area (Å²) in [6.07, 6.45) is 0.711. The van der Waals surface area contributed by atoms with Crippen LogP contribution in [0.1, 0.15) is 36.5 Å². The van der Waals surface area contributed by atoms with Crippen LogP contribution in [-0.2, 0) is 9.59 Å². The minimum absolute atomic E-state index is 0.0530. The van der Waals surface area contributed by atoms with E-state index in [-0.39, 0.29) is 42.0 Å². The van der Waals surface area contributed by atoms with Crippen LogP contribution in [0, 0.1) is 0 Å². The van der Waals surface area contributed by atoms with Crippen LogP contribution in [-0.4, -0.2) is 48.6 Å². The Hall–Kier alpha value is -3.69. The summed E-state index contributed by atoms with van der Waals surface area (Å²) in [6.45, 7) is -1.15. The van der Waals surface area contributed by atoms with Crippen molar-refractivity contribution < 1.29 is 32.6 Å². The highest BCUT2D eigenvalue weighted by Gasteiger charge is 2.52. The highest BCUT2D eigenvalue weighted by atomic mass is 19.3. The van der Waals surface area contributed by atoms with Crippen molar-refractivity contribution in [2.24, 2.45) is 0 Å².